The molecule has 12 heteroatoms. The molecule has 4 N–H and O–H groups in total. The third kappa shape index (κ3) is 15.6. The number of ether oxygens (including phenoxy) is 5. The number of methoxy groups -OCH3 is 1. The Kier molecular flexibility index (Phi) is 23.2. The minimum absolute atomic E-state index is 0.00772. The molecule has 4 rings (SSSR count). The fraction of sp³-hybridized carbons (Fsp3) is 0.891. The molecule has 58 heavy (non-hydrogen) atoms. The van der Waals surface area contributed by atoms with Crippen LogP contribution in [0.4, 0.5) is 0 Å². The van der Waals surface area contributed by atoms with Gasteiger partial charge in [-0.25, -0.2) is 0 Å². The molecular formula is C46H83N3O8S. The van der Waals surface area contributed by atoms with E-state index in [4.69, 9.17) is 29.4 Å². The number of hydrogen-bond donors (Lipinski definition) is 3. The van der Waals surface area contributed by atoms with Gasteiger partial charge in [0.1, 0.15) is 6.10 Å². The van der Waals surface area contributed by atoms with Gasteiger partial charge in [0.25, 0.3) is 0 Å². The average molecular weight is 838 g/mol. The van der Waals surface area contributed by atoms with Crippen LogP contribution in [0, 0.1) is 46.3 Å². The molecule has 2 amide bonds. The number of allylic oxidation sites excluding steroid dienone is 1. The predicted octanol–water partition coefficient (Wildman–Crippen LogP) is 7.35. The number of esters is 1. The van der Waals surface area contributed by atoms with Crippen molar-refractivity contribution in [2.75, 3.05) is 78.5 Å². The van der Waals surface area contributed by atoms with Crippen molar-refractivity contribution in [1.29, 1.82) is 0 Å². The van der Waals surface area contributed by atoms with E-state index < -0.39 is 11.9 Å². The van der Waals surface area contributed by atoms with Gasteiger partial charge >= 0.3 is 5.97 Å². The molecular weight excluding hydrogens is 755 g/mol. The van der Waals surface area contributed by atoms with Crippen molar-refractivity contribution in [3.8, 4) is 0 Å². The molecule has 0 saturated heterocycles. The largest absolute Gasteiger partial charge is 0.462 e. The van der Waals surface area contributed by atoms with E-state index in [2.05, 4.69) is 58.3 Å². The number of amides is 2. The first kappa shape index (κ1) is 50.7. The maximum atomic E-state index is 12.1. The SMILES string of the molecule is CCCC(=O)OC1CC[C@@]2(C)C(=CC[C@H]3[C@@H]4CC[C@H]([C@H](C)CCCC(C)C)[C@@]4(C)CC[C@@H]32)C1.CN[C@@H](CSCC(=O)NCCOCCOCCOCCOC)C(N)=O. The molecule has 3 fully saturated rings. The van der Waals surface area contributed by atoms with Crippen molar-refractivity contribution in [2.24, 2.45) is 52.1 Å². The van der Waals surface area contributed by atoms with Crippen LogP contribution in [0.15, 0.2) is 11.6 Å². The number of carbonyl (C=O) groups is 3. The van der Waals surface area contributed by atoms with Crippen LogP contribution >= 0.6 is 11.8 Å². The Labute approximate surface area is 356 Å². The Bertz CT molecular complexity index is 1250. The maximum absolute atomic E-state index is 12.1. The van der Waals surface area contributed by atoms with E-state index >= 15 is 0 Å². The third-order valence-electron chi connectivity index (χ3n) is 14.0. The number of primary amides is 1. The van der Waals surface area contributed by atoms with Crippen molar-refractivity contribution in [2.45, 2.75) is 137 Å². The normalized spacial score (nSPS) is 28.6. The van der Waals surface area contributed by atoms with Gasteiger partial charge in [-0.3, -0.25) is 14.4 Å². The summed E-state index contributed by atoms with van der Waals surface area (Å²) in [5.74, 6) is 5.52. The quantitative estimate of drug-likeness (QED) is 0.0459. The lowest BCUT2D eigenvalue weighted by atomic mass is 9.47. The summed E-state index contributed by atoms with van der Waals surface area (Å²) in [6.45, 7) is 18.6. The van der Waals surface area contributed by atoms with Crippen LogP contribution in [-0.4, -0.2) is 108 Å². The summed E-state index contributed by atoms with van der Waals surface area (Å²) >= 11 is 1.35. The molecule has 0 aromatic rings. The number of nitrogens with two attached hydrogens (primary N) is 1. The van der Waals surface area contributed by atoms with Crippen molar-refractivity contribution >= 4 is 29.5 Å². The van der Waals surface area contributed by atoms with E-state index in [1.807, 2.05) is 0 Å². The minimum Gasteiger partial charge on any atom is -0.462 e. The fourth-order valence-electron chi connectivity index (χ4n) is 10.8. The zero-order valence-corrected chi connectivity index (χ0v) is 38.5. The highest BCUT2D eigenvalue weighted by atomic mass is 32.2. The van der Waals surface area contributed by atoms with Crippen LogP contribution in [0.25, 0.3) is 0 Å². The summed E-state index contributed by atoms with van der Waals surface area (Å²) in [6.07, 6.45) is 18.8. The number of hydrogen-bond acceptors (Lipinski definition) is 10. The summed E-state index contributed by atoms with van der Waals surface area (Å²) in [5.41, 5.74) is 7.73. The van der Waals surface area contributed by atoms with Crippen molar-refractivity contribution in [3.05, 3.63) is 11.6 Å². The third-order valence-corrected chi connectivity index (χ3v) is 15.0. The first-order chi connectivity index (χ1) is 27.8. The highest BCUT2D eigenvalue weighted by Crippen LogP contribution is 2.67. The first-order valence-corrected chi connectivity index (χ1v) is 23.9. The molecule has 0 spiro atoms. The summed E-state index contributed by atoms with van der Waals surface area (Å²) in [6, 6.07) is -0.425. The number of fused-ring (bicyclic) bond motifs is 5. The van der Waals surface area contributed by atoms with Crippen LogP contribution in [0.2, 0.25) is 0 Å². The lowest BCUT2D eigenvalue weighted by Crippen LogP contribution is -2.51. The molecule has 0 aromatic carbocycles. The summed E-state index contributed by atoms with van der Waals surface area (Å²) in [4.78, 5) is 34.7. The molecule has 11 nitrogen and oxygen atoms in total. The smallest absolute Gasteiger partial charge is 0.306 e. The zero-order chi connectivity index (χ0) is 42.6. The summed E-state index contributed by atoms with van der Waals surface area (Å²) in [5, 5.41) is 5.54. The van der Waals surface area contributed by atoms with E-state index in [0.29, 0.717) is 75.8 Å². The van der Waals surface area contributed by atoms with Gasteiger partial charge < -0.3 is 40.1 Å². The average Bonchev–Trinajstić information content (AvgIpc) is 3.54. The molecule has 4 aliphatic rings. The zero-order valence-electron chi connectivity index (χ0n) is 37.7. The second kappa shape index (κ2) is 26.6. The van der Waals surface area contributed by atoms with Gasteiger partial charge in [0.2, 0.25) is 11.8 Å². The topological polar surface area (TPSA) is 147 Å². The van der Waals surface area contributed by atoms with E-state index in [-0.39, 0.29) is 23.7 Å². The highest BCUT2D eigenvalue weighted by Gasteiger charge is 2.59. The number of nitrogens with one attached hydrogen (secondary N) is 2. The molecule has 0 bridgehead atoms. The summed E-state index contributed by atoms with van der Waals surface area (Å²) in [7, 11) is 3.28. The molecule has 336 valence electrons. The maximum Gasteiger partial charge on any atom is 0.306 e. The second-order valence-corrected chi connectivity index (χ2v) is 19.4. The molecule has 0 aliphatic heterocycles. The molecule has 0 heterocycles. The van der Waals surface area contributed by atoms with Crippen LogP contribution in [0.1, 0.15) is 125 Å². The molecule has 0 radical (unpaired) electrons. The Morgan fingerprint density at radius 1 is 0.914 bits per heavy atom. The lowest BCUT2D eigenvalue weighted by Gasteiger charge is -2.58. The Balaban J connectivity index is 0.000000325. The molecule has 1 unspecified atom stereocenters. The molecule has 9 atom stereocenters. The van der Waals surface area contributed by atoms with Gasteiger partial charge in [0.15, 0.2) is 0 Å². The second-order valence-electron chi connectivity index (χ2n) is 18.3. The van der Waals surface area contributed by atoms with Gasteiger partial charge in [-0.2, -0.15) is 0 Å². The van der Waals surface area contributed by atoms with E-state index in [1.54, 1.807) is 19.7 Å². The Morgan fingerprint density at radius 3 is 2.24 bits per heavy atom. The van der Waals surface area contributed by atoms with Crippen molar-refractivity contribution in [1.82, 2.24) is 10.6 Å². The first-order valence-electron chi connectivity index (χ1n) is 22.7. The number of thioether (sulfide) groups is 1. The van der Waals surface area contributed by atoms with Crippen LogP contribution in [0.3, 0.4) is 0 Å². The standard InChI is InChI=1S/C31H52O2.C15H31N3O6S/c1-7-9-29(32)33-24-16-18-30(5)23(20-24)12-13-25-27-15-14-26(22(4)11-8-10-21(2)3)31(27,6)19-17-28(25)30;1-17-13(15(16)20)11-25-12-14(19)18-3-4-22-7-8-24-10-9-23-6-5-21-2/h12,21-22,24-28H,7-11,13-20H2,1-6H3;13,17H,3-12H2,1-2H3,(H2,16,20)(H,18,19)/t22-,24?,25+,26-,27+,28+,30+,31-;13-/m10/s1. The molecule has 3 saturated carbocycles. The minimum atomic E-state index is -0.425. The fourth-order valence-corrected chi connectivity index (χ4v) is 11.7. The van der Waals surface area contributed by atoms with Crippen LogP contribution < -0.4 is 16.4 Å². The monoisotopic (exact) mass is 838 g/mol. The van der Waals surface area contributed by atoms with E-state index in [9.17, 15) is 14.4 Å². The number of rotatable bonds is 26. The molecule has 0 aromatic heterocycles. The Hall–Kier alpha value is -1.70. The lowest BCUT2D eigenvalue weighted by molar-refractivity contribution is -0.151. The number of likely N-dealkylation sites (N-methyl/N-ethyl adjacent to an activating group) is 1. The van der Waals surface area contributed by atoms with Gasteiger partial charge in [0.05, 0.1) is 58.0 Å². The van der Waals surface area contributed by atoms with Crippen LogP contribution in [-0.2, 0) is 38.1 Å². The van der Waals surface area contributed by atoms with Gasteiger partial charge in [-0.05, 0) is 105 Å². The van der Waals surface area contributed by atoms with Crippen molar-refractivity contribution in [3.63, 3.8) is 0 Å². The highest BCUT2D eigenvalue weighted by molar-refractivity contribution is 8.00. The van der Waals surface area contributed by atoms with Gasteiger partial charge in [0, 0.05) is 32.2 Å². The predicted molar refractivity (Wildman–Crippen MR) is 235 cm³/mol. The van der Waals surface area contributed by atoms with Crippen molar-refractivity contribution < 1.29 is 38.1 Å². The van der Waals surface area contributed by atoms with E-state index in [0.717, 1.165) is 54.8 Å². The summed E-state index contributed by atoms with van der Waals surface area (Å²) < 4.78 is 26.6. The number of carbonyl (C=O) groups excluding carboxylic acids is 3. The van der Waals surface area contributed by atoms with E-state index in [1.165, 1.54) is 69.5 Å². The van der Waals surface area contributed by atoms with Gasteiger partial charge in [-0.15, -0.1) is 11.8 Å². The van der Waals surface area contributed by atoms with Crippen LogP contribution in [0.5, 0.6) is 0 Å². The molecule has 4 aliphatic carbocycles. The Morgan fingerprint density at radius 2 is 1.60 bits per heavy atom. The van der Waals surface area contributed by atoms with Gasteiger partial charge in [-0.1, -0.05) is 72.5 Å².